The van der Waals surface area contributed by atoms with Crippen LogP contribution in [-0.4, -0.2) is 21.2 Å². The fourth-order valence-electron chi connectivity index (χ4n) is 1.53. The van der Waals surface area contributed by atoms with Crippen LogP contribution in [0, 0.1) is 0 Å². The molecule has 0 saturated heterocycles. The molecule has 0 unspecified atom stereocenters. The Morgan fingerprint density at radius 2 is 1.74 bits per heavy atom. The molecule has 0 bridgehead atoms. The van der Waals surface area contributed by atoms with Gasteiger partial charge in [-0.25, -0.2) is 4.79 Å². The highest BCUT2D eigenvalue weighted by Gasteiger charge is 2.04. The van der Waals surface area contributed by atoms with E-state index in [4.69, 9.17) is 0 Å². The number of aromatic hydroxyl groups is 2. The van der Waals surface area contributed by atoms with E-state index in [1.54, 1.807) is 24.5 Å². The molecule has 4 N–H and O–H groups in total. The molecule has 1 heterocycles. The Morgan fingerprint density at radius 1 is 1.11 bits per heavy atom. The Balaban J connectivity index is 1.91. The number of urea groups is 1. The van der Waals surface area contributed by atoms with E-state index >= 15 is 0 Å². The van der Waals surface area contributed by atoms with E-state index in [-0.39, 0.29) is 11.5 Å². The molecule has 6 heteroatoms. The molecule has 2 rings (SSSR count). The summed E-state index contributed by atoms with van der Waals surface area (Å²) in [5.41, 5.74) is 1.23. The van der Waals surface area contributed by atoms with E-state index in [2.05, 4.69) is 15.6 Å². The maximum absolute atomic E-state index is 11.6. The van der Waals surface area contributed by atoms with Gasteiger partial charge in [0.05, 0.1) is 0 Å². The average Bonchev–Trinajstić information content (AvgIpc) is 2.36. The first kappa shape index (κ1) is 12.7. The van der Waals surface area contributed by atoms with E-state index in [0.29, 0.717) is 12.2 Å². The third kappa shape index (κ3) is 3.88. The lowest BCUT2D eigenvalue weighted by atomic mass is 10.2. The summed E-state index contributed by atoms with van der Waals surface area (Å²) >= 11 is 0. The second-order valence-electron chi connectivity index (χ2n) is 3.90. The van der Waals surface area contributed by atoms with Gasteiger partial charge in [-0.05, 0) is 17.7 Å². The standard InChI is InChI=1S/C13H13N3O3/c17-11-5-10(6-12(18)7-11)16-13(19)15-8-9-1-3-14-4-2-9/h1-7,17-18H,8H2,(H2,15,16,19). The molecule has 1 aromatic carbocycles. The van der Waals surface area contributed by atoms with Gasteiger partial charge in [0.2, 0.25) is 0 Å². The Morgan fingerprint density at radius 3 is 2.37 bits per heavy atom. The van der Waals surface area contributed by atoms with Crippen molar-refractivity contribution in [3.63, 3.8) is 0 Å². The normalized spacial score (nSPS) is 9.89. The summed E-state index contributed by atoms with van der Waals surface area (Å²) < 4.78 is 0. The first-order valence-electron chi connectivity index (χ1n) is 5.60. The van der Waals surface area contributed by atoms with Crippen LogP contribution >= 0.6 is 0 Å². The molecule has 98 valence electrons. The first-order chi connectivity index (χ1) is 9.13. The van der Waals surface area contributed by atoms with Crippen LogP contribution in [0.2, 0.25) is 0 Å². The van der Waals surface area contributed by atoms with Crippen LogP contribution in [0.3, 0.4) is 0 Å². The Bertz CT molecular complexity index is 552. The van der Waals surface area contributed by atoms with E-state index < -0.39 is 6.03 Å². The fraction of sp³-hybridized carbons (Fsp3) is 0.0769. The summed E-state index contributed by atoms with van der Waals surface area (Å²) in [5.74, 6) is -0.242. The zero-order chi connectivity index (χ0) is 13.7. The number of nitrogens with zero attached hydrogens (tertiary/aromatic N) is 1. The van der Waals surface area contributed by atoms with E-state index in [0.717, 1.165) is 5.56 Å². The molecule has 0 aliphatic rings. The fourth-order valence-corrected chi connectivity index (χ4v) is 1.53. The van der Waals surface area contributed by atoms with E-state index in [1.807, 2.05) is 0 Å². The summed E-state index contributed by atoms with van der Waals surface area (Å²) in [5, 5.41) is 23.7. The van der Waals surface area contributed by atoms with Crippen molar-refractivity contribution in [1.29, 1.82) is 0 Å². The largest absolute Gasteiger partial charge is 0.508 e. The molecule has 0 fully saturated rings. The lowest BCUT2D eigenvalue weighted by molar-refractivity contribution is 0.251. The number of carbonyl (C=O) groups excluding carboxylic acids is 1. The molecule has 0 spiro atoms. The minimum absolute atomic E-state index is 0.121. The predicted octanol–water partition coefficient (Wildman–Crippen LogP) is 1.81. The maximum Gasteiger partial charge on any atom is 0.319 e. The van der Waals surface area contributed by atoms with Crippen LogP contribution in [0.1, 0.15) is 5.56 Å². The van der Waals surface area contributed by atoms with Crippen molar-refractivity contribution in [3.05, 3.63) is 48.3 Å². The number of aromatic nitrogens is 1. The second kappa shape index (κ2) is 5.72. The average molecular weight is 259 g/mol. The number of hydrogen-bond acceptors (Lipinski definition) is 4. The molecular weight excluding hydrogens is 246 g/mol. The van der Waals surface area contributed by atoms with Gasteiger partial charge < -0.3 is 20.8 Å². The second-order valence-corrected chi connectivity index (χ2v) is 3.90. The van der Waals surface area contributed by atoms with Gasteiger partial charge in [0, 0.05) is 42.8 Å². The molecule has 2 aromatic rings. The van der Waals surface area contributed by atoms with Gasteiger partial charge in [-0.1, -0.05) is 0 Å². The quantitative estimate of drug-likeness (QED) is 0.676. The number of phenols is 2. The number of carbonyl (C=O) groups is 1. The molecule has 0 aliphatic carbocycles. The van der Waals surface area contributed by atoms with Crippen LogP contribution in [0.15, 0.2) is 42.7 Å². The summed E-state index contributed by atoms with van der Waals surface area (Å²) in [4.78, 5) is 15.5. The molecule has 0 radical (unpaired) electrons. The number of amides is 2. The number of rotatable bonds is 3. The van der Waals surface area contributed by atoms with Gasteiger partial charge in [-0.2, -0.15) is 0 Å². The van der Waals surface area contributed by atoms with Crippen LogP contribution < -0.4 is 10.6 Å². The minimum Gasteiger partial charge on any atom is -0.508 e. The smallest absolute Gasteiger partial charge is 0.319 e. The van der Waals surface area contributed by atoms with Crippen molar-refractivity contribution in [2.45, 2.75) is 6.54 Å². The highest BCUT2D eigenvalue weighted by atomic mass is 16.3. The van der Waals surface area contributed by atoms with Crippen molar-refractivity contribution in [2.75, 3.05) is 5.32 Å². The molecule has 0 atom stereocenters. The maximum atomic E-state index is 11.6. The molecule has 1 aromatic heterocycles. The molecule has 0 aliphatic heterocycles. The molecule has 6 nitrogen and oxygen atoms in total. The highest BCUT2D eigenvalue weighted by Crippen LogP contribution is 2.23. The third-order valence-corrected chi connectivity index (χ3v) is 2.36. The van der Waals surface area contributed by atoms with Crippen LogP contribution in [-0.2, 0) is 6.54 Å². The number of anilines is 1. The van der Waals surface area contributed by atoms with Gasteiger partial charge in [-0.3, -0.25) is 4.98 Å². The topological polar surface area (TPSA) is 94.5 Å². The SMILES string of the molecule is O=C(NCc1ccncc1)Nc1cc(O)cc(O)c1. The lowest BCUT2D eigenvalue weighted by Crippen LogP contribution is -2.28. The Kier molecular flexibility index (Phi) is 3.82. The van der Waals surface area contributed by atoms with Crippen molar-refractivity contribution < 1.29 is 15.0 Å². The molecule has 2 amide bonds. The highest BCUT2D eigenvalue weighted by molar-refractivity contribution is 5.89. The van der Waals surface area contributed by atoms with Crippen LogP contribution in [0.5, 0.6) is 11.5 Å². The van der Waals surface area contributed by atoms with Crippen LogP contribution in [0.25, 0.3) is 0 Å². The van der Waals surface area contributed by atoms with E-state index in [1.165, 1.54) is 18.2 Å². The lowest BCUT2D eigenvalue weighted by Gasteiger charge is -2.08. The van der Waals surface area contributed by atoms with Crippen molar-refractivity contribution >= 4 is 11.7 Å². The summed E-state index contributed by atoms with van der Waals surface area (Å²) in [6.45, 7) is 0.360. The van der Waals surface area contributed by atoms with E-state index in [9.17, 15) is 15.0 Å². The number of nitrogens with one attached hydrogen (secondary N) is 2. The number of hydrogen-bond donors (Lipinski definition) is 4. The van der Waals surface area contributed by atoms with Crippen molar-refractivity contribution in [2.24, 2.45) is 0 Å². The summed E-state index contributed by atoms with van der Waals surface area (Å²) in [7, 11) is 0. The Hall–Kier alpha value is -2.76. The minimum atomic E-state index is -0.429. The zero-order valence-corrected chi connectivity index (χ0v) is 10.00. The van der Waals surface area contributed by atoms with Gasteiger partial charge in [0.25, 0.3) is 0 Å². The number of pyridine rings is 1. The number of phenolic OH excluding ortho intramolecular Hbond substituents is 2. The van der Waals surface area contributed by atoms with Crippen LogP contribution in [0.4, 0.5) is 10.5 Å². The first-order valence-corrected chi connectivity index (χ1v) is 5.60. The molecule has 19 heavy (non-hydrogen) atoms. The summed E-state index contributed by atoms with van der Waals surface area (Å²) in [6, 6.07) is 7.01. The Labute approximate surface area is 109 Å². The molecular formula is C13H13N3O3. The third-order valence-electron chi connectivity index (χ3n) is 2.36. The monoisotopic (exact) mass is 259 g/mol. The van der Waals surface area contributed by atoms with Crippen molar-refractivity contribution in [3.8, 4) is 11.5 Å². The van der Waals surface area contributed by atoms with Gasteiger partial charge in [0.15, 0.2) is 0 Å². The number of benzene rings is 1. The van der Waals surface area contributed by atoms with Crippen molar-refractivity contribution in [1.82, 2.24) is 10.3 Å². The van der Waals surface area contributed by atoms with Gasteiger partial charge in [0.1, 0.15) is 11.5 Å². The summed E-state index contributed by atoms with van der Waals surface area (Å²) in [6.07, 6.45) is 3.28. The molecule has 0 saturated carbocycles. The predicted molar refractivity (Wildman–Crippen MR) is 69.9 cm³/mol. The zero-order valence-electron chi connectivity index (χ0n) is 10.00. The van der Waals surface area contributed by atoms with Gasteiger partial charge in [-0.15, -0.1) is 0 Å². The van der Waals surface area contributed by atoms with Gasteiger partial charge >= 0.3 is 6.03 Å².